The summed E-state index contributed by atoms with van der Waals surface area (Å²) in [5, 5.41) is 0.410. The van der Waals surface area contributed by atoms with E-state index in [1.165, 1.54) is 0 Å². The molecule has 0 rings (SSSR count). The fraction of sp³-hybridized carbons (Fsp3) is 0.909. The Balaban J connectivity index is 4.10. The molecule has 1 unspecified atom stereocenters. The van der Waals surface area contributed by atoms with E-state index in [2.05, 4.69) is 11.2 Å². The Morgan fingerprint density at radius 1 is 1.27 bits per heavy atom. The van der Waals surface area contributed by atoms with E-state index in [4.69, 9.17) is 0 Å². The van der Waals surface area contributed by atoms with Crippen LogP contribution in [0.25, 0.3) is 0 Å². The van der Waals surface area contributed by atoms with Gasteiger partial charge in [-0.05, 0) is 34.2 Å². The minimum absolute atomic E-state index is 0.279. The number of hydrogen-bond acceptors (Lipinski definition) is 3. The Kier molecular flexibility index (Phi) is 7.88. The molecule has 0 aliphatic carbocycles. The first kappa shape index (κ1) is 14.8. The summed E-state index contributed by atoms with van der Waals surface area (Å²) in [4.78, 5) is 15.9. The van der Waals surface area contributed by atoms with Crippen LogP contribution >= 0.6 is 11.8 Å². The summed E-state index contributed by atoms with van der Waals surface area (Å²) in [6, 6.07) is 0. The molecule has 1 amide bonds. The van der Waals surface area contributed by atoms with Crippen LogP contribution in [0, 0.1) is 0 Å². The van der Waals surface area contributed by atoms with Crippen LogP contribution in [0.5, 0.6) is 0 Å². The van der Waals surface area contributed by atoms with Crippen molar-refractivity contribution in [3.8, 4) is 0 Å². The average molecular weight is 232 g/mol. The molecule has 0 bridgehead atoms. The van der Waals surface area contributed by atoms with E-state index in [1.807, 2.05) is 32.8 Å². The van der Waals surface area contributed by atoms with E-state index >= 15 is 0 Å². The maximum absolute atomic E-state index is 11.9. The number of thioether (sulfide) groups is 1. The van der Waals surface area contributed by atoms with Gasteiger partial charge in [-0.3, -0.25) is 4.79 Å². The SMILES string of the molecule is CCN(CC)C(=O)CC(CN(C)C)SC. The van der Waals surface area contributed by atoms with Crippen molar-refractivity contribution in [3.05, 3.63) is 0 Å². The molecule has 0 aromatic carbocycles. The van der Waals surface area contributed by atoms with Gasteiger partial charge in [-0.1, -0.05) is 0 Å². The van der Waals surface area contributed by atoms with Gasteiger partial charge >= 0.3 is 0 Å². The highest BCUT2D eigenvalue weighted by Gasteiger charge is 2.16. The number of rotatable bonds is 7. The first-order chi connectivity index (χ1) is 7.04. The molecule has 0 heterocycles. The highest BCUT2D eigenvalue weighted by Crippen LogP contribution is 2.13. The Labute approximate surface area is 98.2 Å². The van der Waals surface area contributed by atoms with Gasteiger partial charge in [-0.15, -0.1) is 0 Å². The largest absolute Gasteiger partial charge is 0.343 e. The molecule has 0 fully saturated rings. The maximum Gasteiger partial charge on any atom is 0.223 e. The second-order valence-electron chi connectivity index (χ2n) is 3.89. The second kappa shape index (κ2) is 7.99. The smallest absolute Gasteiger partial charge is 0.223 e. The van der Waals surface area contributed by atoms with Crippen molar-refractivity contribution in [2.45, 2.75) is 25.5 Å². The fourth-order valence-corrected chi connectivity index (χ4v) is 2.29. The van der Waals surface area contributed by atoms with Crippen molar-refractivity contribution < 1.29 is 4.79 Å². The molecule has 0 saturated heterocycles. The lowest BCUT2D eigenvalue weighted by Crippen LogP contribution is -2.35. The van der Waals surface area contributed by atoms with Gasteiger partial charge in [0.2, 0.25) is 5.91 Å². The molecular weight excluding hydrogens is 208 g/mol. The van der Waals surface area contributed by atoms with Gasteiger partial charge in [-0.25, -0.2) is 0 Å². The predicted octanol–water partition coefficient (Wildman–Crippen LogP) is 1.54. The van der Waals surface area contributed by atoms with Gasteiger partial charge in [0.15, 0.2) is 0 Å². The van der Waals surface area contributed by atoms with Crippen LogP contribution < -0.4 is 0 Å². The zero-order chi connectivity index (χ0) is 11.8. The minimum Gasteiger partial charge on any atom is -0.343 e. The third kappa shape index (κ3) is 6.05. The van der Waals surface area contributed by atoms with Gasteiger partial charge in [0.05, 0.1) is 0 Å². The summed E-state index contributed by atoms with van der Waals surface area (Å²) in [5.74, 6) is 0.279. The number of carbonyl (C=O) groups excluding carboxylic acids is 1. The molecule has 4 heteroatoms. The zero-order valence-corrected chi connectivity index (χ0v) is 11.4. The average Bonchev–Trinajstić information content (AvgIpc) is 2.17. The monoisotopic (exact) mass is 232 g/mol. The van der Waals surface area contributed by atoms with Crippen molar-refractivity contribution in [1.29, 1.82) is 0 Å². The Morgan fingerprint density at radius 2 is 1.80 bits per heavy atom. The minimum atomic E-state index is 0.279. The summed E-state index contributed by atoms with van der Waals surface area (Å²) >= 11 is 1.78. The molecule has 0 aromatic rings. The standard InChI is InChI=1S/C11H24N2OS/c1-6-13(7-2)11(14)8-10(15-5)9-12(3)4/h10H,6-9H2,1-5H3. The van der Waals surface area contributed by atoms with Crippen molar-refractivity contribution in [2.24, 2.45) is 0 Å². The van der Waals surface area contributed by atoms with Crippen LogP contribution in [0.3, 0.4) is 0 Å². The number of carbonyl (C=O) groups is 1. The van der Waals surface area contributed by atoms with E-state index in [-0.39, 0.29) is 5.91 Å². The number of nitrogens with zero attached hydrogens (tertiary/aromatic N) is 2. The van der Waals surface area contributed by atoms with Crippen LogP contribution in [-0.4, -0.2) is 60.9 Å². The Morgan fingerprint density at radius 3 is 2.13 bits per heavy atom. The normalized spacial score (nSPS) is 12.9. The molecule has 3 nitrogen and oxygen atoms in total. The quantitative estimate of drug-likeness (QED) is 0.665. The summed E-state index contributed by atoms with van der Waals surface area (Å²) < 4.78 is 0. The molecule has 0 N–H and O–H groups in total. The van der Waals surface area contributed by atoms with Gasteiger partial charge in [0, 0.05) is 31.3 Å². The van der Waals surface area contributed by atoms with E-state index < -0.39 is 0 Å². The van der Waals surface area contributed by atoms with Crippen molar-refractivity contribution in [3.63, 3.8) is 0 Å². The van der Waals surface area contributed by atoms with E-state index in [0.29, 0.717) is 11.7 Å². The molecule has 1 atom stereocenters. The van der Waals surface area contributed by atoms with Gasteiger partial charge in [0.1, 0.15) is 0 Å². The first-order valence-electron chi connectivity index (χ1n) is 5.50. The maximum atomic E-state index is 11.9. The molecule has 90 valence electrons. The lowest BCUT2D eigenvalue weighted by molar-refractivity contribution is -0.130. The third-order valence-corrected chi connectivity index (χ3v) is 3.40. The molecule has 0 aliphatic heterocycles. The third-order valence-electron chi connectivity index (χ3n) is 2.42. The molecule has 0 aromatic heterocycles. The zero-order valence-electron chi connectivity index (χ0n) is 10.6. The summed E-state index contributed by atoms with van der Waals surface area (Å²) in [7, 11) is 4.09. The summed E-state index contributed by atoms with van der Waals surface area (Å²) in [5.41, 5.74) is 0. The van der Waals surface area contributed by atoms with Crippen LogP contribution in [-0.2, 0) is 4.79 Å². The van der Waals surface area contributed by atoms with Crippen molar-refractivity contribution >= 4 is 17.7 Å². The highest BCUT2D eigenvalue weighted by atomic mass is 32.2. The van der Waals surface area contributed by atoms with E-state index in [9.17, 15) is 4.79 Å². The van der Waals surface area contributed by atoms with Crippen LogP contribution in [0.15, 0.2) is 0 Å². The lowest BCUT2D eigenvalue weighted by atomic mass is 10.2. The van der Waals surface area contributed by atoms with Crippen molar-refractivity contribution in [2.75, 3.05) is 40.0 Å². The molecule has 0 aliphatic rings. The fourth-order valence-electron chi connectivity index (χ4n) is 1.53. The Bertz CT molecular complexity index is 181. The number of hydrogen-bond donors (Lipinski definition) is 0. The van der Waals surface area contributed by atoms with Crippen molar-refractivity contribution in [1.82, 2.24) is 9.80 Å². The van der Waals surface area contributed by atoms with E-state index in [1.54, 1.807) is 11.8 Å². The van der Waals surface area contributed by atoms with Crippen LogP contribution in [0.4, 0.5) is 0 Å². The molecular formula is C11H24N2OS. The molecule has 0 spiro atoms. The van der Waals surface area contributed by atoms with Gasteiger partial charge in [0.25, 0.3) is 0 Å². The second-order valence-corrected chi connectivity index (χ2v) is 5.03. The van der Waals surface area contributed by atoms with E-state index in [0.717, 1.165) is 19.6 Å². The topological polar surface area (TPSA) is 23.6 Å². The van der Waals surface area contributed by atoms with Gasteiger partial charge in [-0.2, -0.15) is 11.8 Å². The lowest BCUT2D eigenvalue weighted by Gasteiger charge is -2.23. The highest BCUT2D eigenvalue weighted by molar-refractivity contribution is 7.99. The van der Waals surface area contributed by atoms with Crippen LogP contribution in [0.2, 0.25) is 0 Å². The van der Waals surface area contributed by atoms with Crippen LogP contribution in [0.1, 0.15) is 20.3 Å². The number of amides is 1. The Hall–Kier alpha value is -0.220. The molecule has 0 saturated carbocycles. The predicted molar refractivity (Wildman–Crippen MR) is 68.4 cm³/mol. The first-order valence-corrected chi connectivity index (χ1v) is 6.79. The molecule has 15 heavy (non-hydrogen) atoms. The van der Waals surface area contributed by atoms with Gasteiger partial charge < -0.3 is 9.80 Å². The molecule has 0 radical (unpaired) electrons. The summed E-state index contributed by atoms with van der Waals surface area (Å²) in [6.07, 6.45) is 2.73. The summed E-state index contributed by atoms with van der Waals surface area (Å²) in [6.45, 7) is 6.66.